The molecule has 14 rings (SSSR count). The van der Waals surface area contributed by atoms with Crippen LogP contribution in [0.2, 0.25) is 0 Å². The van der Waals surface area contributed by atoms with Crippen molar-refractivity contribution in [2.75, 3.05) is 0 Å². The molecule has 0 aliphatic heterocycles. The Kier molecular flexibility index (Phi) is 8.77. The second-order valence-corrected chi connectivity index (χ2v) is 18.1. The lowest BCUT2D eigenvalue weighted by atomic mass is 9.67. The van der Waals surface area contributed by atoms with Gasteiger partial charge in [-0.2, -0.15) is 0 Å². The summed E-state index contributed by atoms with van der Waals surface area (Å²) < 4.78 is 4.64. The molecule has 69 heavy (non-hydrogen) atoms. The number of benzene rings is 10. The van der Waals surface area contributed by atoms with Gasteiger partial charge in [-0.1, -0.05) is 200 Å². The highest BCUT2D eigenvalue weighted by Gasteiger charge is 2.46. The smallest absolute Gasteiger partial charge is 0.235 e. The van der Waals surface area contributed by atoms with Crippen LogP contribution < -0.4 is 0 Å². The Morgan fingerprint density at radius 3 is 1.32 bits per heavy atom. The van der Waals surface area contributed by atoms with Crippen molar-refractivity contribution < 1.29 is 0 Å². The molecule has 10 aromatic carbocycles. The van der Waals surface area contributed by atoms with E-state index in [1.807, 2.05) is 0 Å². The van der Waals surface area contributed by atoms with Gasteiger partial charge in [0.15, 0.2) is 0 Å². The minimum absolute atomic E-state index is 0.485. The van der Waals surface area contributed by atoms with Crippen LogP contribution in [0.4, 0.5) is 0 Å². The summed E-state index contributed by atoms with van der Waals surface area (Å²) in [4.78, 5) is 10.9. The van der Waals surface area contributed by atoms with Gasteiger partial charge in [-0.05, 0) is 99.1 Å². The Morgan fingerprint density at radius 1 is 0.290 bits per heavy atom. The number of para-hydroxylation sites is 4. The minimum atomic E-state index is -0.485. The largest absolute Gasteiger partial charge is 0.309 e. The van der Waals surface area contributed by atoms with Crippen LogP contribution in [-0.4, -0.2) is 19.1 Å². The summed E-state index contributed by atoms with van der Waals surface area (Å²) in [6, 6.07) is 92.4. The number of fused-ring (bicyclic) bond motifs is 9. The predicted molar refractivity (Wildman–Crippen MR) is 284 cm³/mol. The van der Waals surface area contributed by atoms with Gasteiger partial charge in [0, 0.05) is 38.4 Å². The molecule has 0 spiro atoms. The molecule has 0 bridgehead atoms. The Balaban J connectivity index is 1.05. The van der Waals surface area contributed by atoms with Crippen molar-refractivity contribution in [3.05, 3.63) is 277 Å². The number of rotatable bonds is 7. The Bertz CT molecular complexity index is 3980. The van der Waals surface area contributed by atoms with E-state index in [0.717, 1.165) is 61.4 Å². The van der Waals surface area contributed by atoms with E-state index in [4.69, 9.17) is 9.97 Å². The maximum atomic E-state index is 5.57. The third kappa shape index (κ3) is 5.95. The summed E-state index contributed by atoms with van der Waals surface area (Å²) in [5.41, 5.74) is 18.5. The summed E-state index contributed by atoms with van der Waals surface area (Å²) in [6.07, 6.45) is 0. The molecule has 0 saturated carbocycles. The van der Waals surface area contributed by atoms with Crippen molar-refractivity contribution >= 4 is 43.6 Å². The third-order valence-corrected chi connectivity index (χ3v) is 14.4. The van der Waals surface area contributed by atoms with Crippen LogP contribution in [0.15, 0.2) is 255 Å². The van der Waals surface area contributed by atoms with Gasteiger partial charge in [-0.25, -0.2) is 9.97 Å². The van der Waals surface area contributed by atoms with Crippen molar-refractivity contribution in [2.45, 2.75) is 5.41 Å². The lowest BCUT2D eigenvalue weighted by Gasteiger charge is -2.33. The first-order valence-corrected chi connectivity index (χ1v) is 23.7. The molecule has 0 radical (unpaired) electrons. The lowest BCUT2D eigenvalue weighted by Crippen LogP contribution is -2.28. The molecule has 0 saturated heterocycles. The summed E-state index contributed by atoms with van der Waals surface area (Å²) in [6.45, 7) is 0. The van der Waals surface area contributed by atoms with E-state index in [1.54, 1.807) is 0 Å². The fraction of sp³-hybridized carbons (Fsp3) is 0.0154. The van der Waals surface area contributed by atoms with Gasteiger partial charge < -0.3 is 4.57 Å². The number of aromatic nitrogens is 4. The second kappa shape index (κ2) is 15.5. The SMILES string of the molecule is c1ccc(-c2cc(-c3cc(-c4ccc5c(c4)-c4ccccc4C5(c4ccccc4)c4ccccc4)cc(-n4c5ccccc5c5ccccc54)c3)nc(-n3c4ccccc4c4ccccc43)n2)cc1. The fourth-order valence-electron chi connectivity index (χ4n) is 11.5. The van der Waals surface area contributed by atoms with Gasteiger partial charge in [0.25, 0.3) is 0 Å². The molecular weight excluding hydrogens is 837 g/mol. The van der Waals surface area contributed by atoms with Crippen LogP contribution in [0.1, 0.15) is 22.3 Å². The number of hydrogen-bond donors (Lipinski definition) is 0. The van der Waals surface area contributed by atoms with Crippen LogP contribution in [0.5, 0.6) is 0 Å². The molecule has 0 unspecified atom stereocenters. The number of nitrogens with zero attached hydrogens (tertiary/aromatic N) is 4. The van der Waals surface area contributed by atoms with E-state index in [1.165, 1.54) is 54.9 Å². The van der Waals surface area contributed by atoms with Gasteiger partial charge >= 0.3 is 0 Å². The molecule has 0 amide bonds. The molecule has 322 valence electrons. The van der Waals surface area contributed by atoms with Crippen molar-refractivity contribution in [1.82, 2.24) is 19.1 Å². The normalized spacial score (nSPS) is 12.8. The van der Waals surface area contributed by atoms with Gasteiger partial charge in [-0.15, -0.1) is 0 Å². The Morgan fingerprint density at radius 2 is 0.739 bits per heavy atom. The molecule has 0 fully saturated rings. The number of hydrogen-bond acceptors (Lipinski definition) is 2. The molecule has 4 nitrogen and oxygen atoms in total. The standard InChI is InChI=1S/C65H42N4/c1-4-20-43(21-5-1)58-42-59(67-64(66-58)69-62-34-18-13-29-53(62)54-30-14-19-35-63(54)69)46-38-45(39-49(40-46)68-60-32-16-11-27-51(60)52-28-12-17-33-61(52)68)44-36-37-57-55(41-44)50-26-10-15-31-56(50)65(57,47-22-6-2-7-23-47)48-24-8-3-9-25-48/h1-42H. The van der Waals surface area contributed by atoms with E-state index < -0.39 is 5.41 Å². The Hall–Kier alpha value is -9.12. The van der Waals surface area contributed by atoms with E-state index in [2.05, 4.69) is 264 Å². The molecule has 0 atom stereocenters. The van der Waals surface area contributed by atoms with E-state index in [9.17, 15) is 0 Å². The van der Waals surface area contributed by atoms with Gasteiger partial charge in [0.1, 0.15) is 0 Å². The summed E-state index contributed by atoms with van der Waals surface area (Å²) >= 11 is 0. The monoisotopic (exact) mass is 878 g/mol. The maximum absolute atomic E-state index is 5.57. The molecule has 1 aliphatic rings. The van der Waals surface area contributed by atoms with Crippen LogP contribution in [0.3, 0.4) is 0 Å². The molecule has 3 heterocycles. The predicted octanol–water partition coefficient (Wildman–Crippen LogP) is 16.0. The first-order chi connectivity index (χ1) is 34.2. The molecule has 3 aromatic heterocycles. The molecule has 13 aromatic rings. The summed E-state index contributed by atoms with van der Waals surface area (Å²) in [7, 11) is 0. The third-order valence-electron chi connectivity index (χ3n) is 14.4. The lowest BCUT2D eigenvalue weighted by molar-refractivity contribution is 0.768. The van der Waals surface area contributed by atoms with Crippen molar-refractivity contribution in [3.63, 3.8) is 0 Å². The highest BCUT2D eigenvalue weighted by Crippen LogP contribution is 2.56. The zero-order valence-electron chi connectivity index (χ0n) is 37.5. The van der Waals surface area contributed by atoms with Gasteiger partial charge in [0.2, 0.25) is 5.95 Å². The van der Waals surface area contributed by atoms with Gasteiger partial charge in [0.05, 0.1) is 38.9 Å². The van der Waals surface area contributed by atoms with Gasteiger partial charge in [-0.3, -0.25) is 4.57 Å². The molecular formula is C65H42N4. The van der Waals surface area contributed by atoms with E-state index in [-0.39, 0.29) is 0 Å². The first-order valence-electron chi connectivity index (χ1n) is 23.7. The van der Waals surface area contributed by atoms with E-state index >= 15 is 0 Å². The highest BCUT2D eigenvalue weighted by molar-refractivity contribution is 6.10. The average Bonchev–Trinajstić information content (AvgIpc) is 4.06. The molecule has 4 heteroatoms. The van der Waals surface area contributed by atoms with Crippen molar-refractivity contribution in [3.8, 4) is 56.4 Å². The maximum Gasteiger partial charge on any atom is 0.235 e. The van der Waals surface area contributed by atoms with Crippen LogP contribution in [0, 0.1) is 0 Å². The molecule has 1 aliphatic carbocycles. The van der Waals surface area contributed by atoms with Crippen LogP contribution in [-0.2, 0) is 5.41 Å². The van der Waals surface area contributed by atoms with Crippen LogP contribution in [0.25, 0.3) is 100 Å². The van der Waals surface area contributed by atoms with Crippen molar-refractivity contribution in [2.24, 2.45) is 0 Å². The molecule has 0 N–H and O–H groups in total. The van der Waals surface area contributed by atoms with E-state index in [0.29, 0.717) is 5.95 Å². The topological polar surface area (TPSA) is 35.6 Å². The highest BCUT2D eigenvalue weighted by atomic mass is 15.2. The summed E-state index contributed by atoms with van der Waals surface area (Å²) in [5.74, 6) is 0.625. The zero-order chi connectivity index (χ0) is 45.5. The first kappa shape index (κ1) is 39.1. The van der Waals surface area contributed by atoms with Crippen molar-refractivity contribution in [1.29, 1.82) is 0 Å². The fourth-order valence-corrected chi connectivity index (χ4v) is 11.5. The second-order valence-electron chi connectivity index (χ2n) is 18.1. The average molecular weight is 879 g/mol. The minimum Gasteiger partial charge on any atom is -0.309 e. The van der Waals surface area contributed by atoms with Crippen LogP contribution >= 0.6 is 0 Å². The zero-order valence-corrected chi connectivity index (χ0v) is 37.5. The summed E-state index contributed by atoms with van der Waals surface area (Å²) in [5, 5.41) is 4.77. The Labute approximate surface area is 399 Å². The quantitative estimate of drug-likeness (QED) is 0.160.